The van der Waals surface area contributed by atoms with Crippen molar-refractivity contribution in [2.75, 3.05) is 0 Å². The van der Waals surface area contributed by atoms with Crippen molar-refractivity contribution in [1.29, 1.82) is 0 Å². The van der Waals surface area contributed by atoms with E-state index in [-0.39, 0.29) is 35.6 Å². The maximum Gasteiger partial charge on any atom is -0.147 e. The van der Waals surface area contributed by atoms with Crippen LogP contribution >= 0.6 is 24.8 Å². The smallest absolute Gasteiger partial charge is 0.147 e. The van der Waals surface area contributed by atoms with Gasteiger partial charge in [0.1, 0.15) is 0 Å². The Kier molecular flexibility index (Phi) is 12.0. The van der Waals surface area contributed by atoms with Crippen molar-refractivity contribution < 1.29 is 17.4 Å². The Morgan fingerprint density at radius 2 is 0.961 bits per heavy atom. The number of hydrogen-bond donors (Lipinski definition) is 0. The van der Waals surface area contributed by atoms with Crippen LogP contribution in [0.15, 0.2) is 83.9 Å². The van der Waals surface area contributed by atoms with Gasteiger partial charge < -0.3 is 0 Å². The molecule has 0 heterocycles. The monoisotopic (exact) mass is 814 g/mol. The summed E-state index contributed by atoms with van der Waals surface area (Å²) in [5.41, 5.74) is 20.9. The molecule has 2 unspecified atom stereocenters. The molecule has 0 N–H and O–H groups in total. The van der Waals surface area contributed by atoms with Crippen LogP contribution in [-0.4, -0.2) is 6.88 Å². The van der Waals surface area contributed by atoms with Gasteiger partial charge in [-0.05, 0) is 0 Å². The van der Waals surface area contributed by atoms with Gasteiger partial charge in [0.2, 0.25) is 0 Å². The minimum atomic E-state index is -3.80. The van der Waals surface area contributed by atoms with Crippen molar-refractivity contribution in [1.82, 2.24) is 0 Å². The Morgan fingerprint density at radius 3 is 1.33 bits per heavy atom. The van der Waals surface area contributed by atoms with Gasteiger partial charge in [0.25, 0.3) is 0 Å². The Bertz CT molecular complexity index is 2060. The van der Waals surface area contributed by atoms with Gasteiger partial charge in [-0.25, -0.2) is 0 Å². The van der Waals surface area contributed by atoms with Crippen molar-refractivity contribution in [2.24, 2.45) is 0 Å². The zero-order valence-corrected chi connectivity index (χ0v) is 38.9. The first-order valence-electron chi connectivity index (χ1n) is 18.9. The second-order valence-electron chi connectivity index (χ2n) is 18.0. The normalized spacial score (nSPS) is 17.2. The maximum atomic E-state index is 2.65. The van der Waals surface area contributed by atoms with Crippen molar-refractivity contribution in [3.05, 3.63) is 128 Å². The molecule has 0 nitrogen and oxygen atoms in total. The van der Waals surface area contributed by atoms with E-state index in [0.29, 0.717) is 7.25 Å². The number of halogens is 2. The van der Waals surface area contributed by atoms with Gasteiger partial charge in [0.15, 0.2) is 0 Å². The van der Waals surface area contributed by atoms with E-state index in [2.05, 4.69) is 175 Å². The van der Waals surface area contributed by atoms with E-state index in [0.717, 1.165) is 6.42 Å². The topological polar surface area (TPSA) is 0 Å². The summed E-state index contributed by atoms with van der Waals surface area (Å²) in [4.78, 5) is 0. The van der Waals surface area contributed by atoms with Crippen LogP contribution in [0.2, 0.25) is 8.26 Å². The largest absolute Gasteiger partial charge is 0.147 e. The van der Waals surface area contributed by atoms with Gasteiger partial charge in [-0.15, -0.1) is 24.8 Å². The minimum absolute atomic E-state index is 0. The second kappa shape index (κ2) is 14.7. The molecule has 4 aromatic rings. The molecule has 2 aliphatic carbocycles. The van der Waals surface area contributed by atoms with Gasteiger partial charge in [0, 0.05) is 0 Å². The molecule has 0 saturated carbocycles. The van der Waals surface area contributed by atoms with Gasteiger partial charge in [0.05, 0.1) is 0 Å². The third kappa shape index (κ3) is 7.07. The fourth-order valence-corrected chi connectivity index (χ4v) is 33.6. The summed E-state index contributed by atoms with van der Waals surface area (Å²) in [6, 6.07) is 29.0. The molecule has 4 aromatic carbocycles. The predicted molar refractivity (Wildman–Crippen MR) is 232 cm³/mol. The van der Waals surface area contributed by atoms with Crippen LogP contribution in [0.4, 0.5) is 0 Å². The summed E-state index contributed by atoms with van der Waals surface area (Å²) in [5, 5.41) is 0. The third-order valence-electron chi connectivity index (χ3n) is 12.8. The molecular formula is C47H62Cl2SiZr. The molecule has 0 saturated heterocycles. The Hall–Kier alpha value is -1.96. The molecule has 0 aromatic heterocycles. The number of hydrogen-bond acceptors (Lipinski definition) is 0. The van der Waals surface area contributed by atoms with E-state index in [1.165, 1.54) is 63.9 Å². The summed E-state index contributed by atoms with van der Waals surface area (Å²) >= 11 is -3.80. The number of benzene rings is 4. The molecule has 0 spiro atoms. The SMILES string of the molecule is CCC1=Cc2c(-c3ccc(C(C)(C)C)cc3)cc(C)cc2[CH]1[Zr](=[SiH2])([CH2]C)([CH2]C)[CH]1C(C)=Cc2c(-c3ccc(C(C)(C)C)cc3)cc(C)cc21.Cl.Cl. The maximum absolute atomic E-state index is 3.80. The third-order valence-corrected chi connectivity index (χ3v) is 43.7. The minimum Gasteiger partial charge on any atom is -0.147 e. The Morgan fingerprint density at radius 1 is 0.569 bits per heavy atom. The average Bonchev–Trinajstić information content (AvgIpc) is 3.61. The van der Waals surface area contributed by atoms with Gasteiger partial charge in [-0.3, -0.25) is 0 Å². The second-order valence-corrected chi connectivity index (χ2v) is 45.5. The molecule has 0 bridgehead atoms. The van der Waals surface area contributed by atoms with Crippen molar-refractivity contribution in [2.45, 2.75) is 116 Å². The van der Waals surface area contributed by atoms with Crippen LogP contribution in [0.25, 0.3) is 34.4 Å². The Balaban J connectivity index is 0.00000292. The number of aryl methyl sites for hydroxylation is 2. The first kappa shape index (κ1) is 41.8. The van der Waals surface area contributed by atoms with Crippen molar-refractivity contribution >= 4 is 43.8 Å². The summed E-state index contributed by atoms with van der Waals surface area (Å²) < 4.78 is 3.73. The summed E-state index contributed by atoms with van der Waals surface area (Å²) in [5.74, 6) is 0. The summed E-state index contributed by atoms with van der Waals surface area (Å²) in [6.45, 7) is 31.1. The molecule has 0 fully saturated rings. The molecule has 0 radical (unpaired) electrons. The van der Waals surface area contributed by atoms with Crippen LogP contribution in [0, 0.1) is 13.8 Å². The molecule has 2 aliphatic rings. The molecule has 4 heteroatoms. The van der Waals surface area contributed by atoms with Gasteiger partial charge >= 0.3 is 303 Å². The van der Waals surface area contributed by atoms with Gasteiger partial charge in [-0.2, -0.15) is 0 Å². The molecule has 2 atom stereocenters. The zero-order valence-electron chi connectivity index (χ0n) is 33.4. The zero-order chi connectivity index (χ0) is 35.7. The standard InChI is InChI=1S/C22H25.C21H23.2C2H5.2ClH.H2Si.Zr/c1-6-16-13-18-11-15(2)12-20(21(18)14-16)17-7-9-19(10-8-17)22(3,4)5;1-14-10-17-11-15(2)13-20(17)19(12-14)16-6-8-18(9-7-16)21(3,4)5;2*1-2;;;;/h7-14H,6H2,1-5H3;6-13H,1-5H3;2*1H2,2H3;2*1H;1H2;. The van der Waals surface area contributed by atoms with Gasteiger partial charge in [-0.1, -0.05) is 0 Å². The van der Waals surface area contributed by atoms with Crippen molar-refractivity contribution in [3.8, 4) is 22.3 Å². The van der Waals surface area contributed by atoms with Crippen LogP contribution in [0.3, 0.4) is 0 Å². The van der Waals surface area contributed by atoms with E-state index in [1.54, 1.807) is 22.3 Å². The quantitative estimate of drug-likeness (QED) is 0.163. The average molecular weight is 817 g/mol. The Labute approximate surface area is 325 Å². The molecule has 0 amide bonds. The molecule has 272 valence electrons. The van der Waals surface area contributed by atoms with Crippen LogP contribution in [-0.2, 0) is 28.2 Å². The fraction of sp³-hybridized carbons (Fsp3) is 0.404. The number of rotatable bonds is 7. The van der Waals surface area contributed by atoms with Crippen LogP contribution < -0.4 is 0 Å². The van der Waals surface area contributed by atoms with Crippen LogP contribution in [0.5, 0.6) is 0 Å². The molecular weight excluding hydrogens is 755 g/mol. The fourth-order valence-electron chi connectivity index (χ4n) is 9.75. The first-order valence-corrected chi connectivity index (χ1v) is 31.1. The molecule has 51 heavy (non-hydrogen) atoms. The van der Waals surface area contributed by atoms with E-state index < -0.39 is 17.4 Å². The molecule has 0 aliphatic heterocycles. The summed E-state index contributed by atoms with van der Waals surface area (Å²) in [6.07, 6.45) is 6.36. The number of fused-ring (bicyclic) bond motifs is 2. The predicted octanol–water partition coefficient (Wildman–Crippen LogP) is 14.2. The first-order chi connectivity index (χ1) is 22.9. The van der Waals surface area contributed by atoms with Crippen molar-refractivity contribution in [3.63, 3.8) is 0 Å². The van der Waals surface area contributed by atoms with Crippen LogP contribution in [0.1, 0.15) is 127 Å². The van der Waals surface area contributed by atoms with E-state index in [9.17, 15) is 0 Å². The number of allylic oxidation sites excluding steroid dienone is 2. The van der Waals surface area contributed by atoms with E-state index in [1.807, 2.05) is 0 Å². The van der Waals surface area contributed by atoms with E-state index >= 15 is 0 Å². The van der Waals surface area contributed by atoms with E-state index in [4.69, 9.17) is 0 Å². The molecule has 6 rings (SSSR count). The summed E-state index contributed by atoms with van der Waals surface area (Å²) in [7, 11) is 0.